The highest BCUT2D eigenvalue weighted by Crippen LogP contribution is 2.42. The summed E-state index contributed by atoms with van der Waals surface area (Å²) in [6.07, 6.45) is 4.47. The first-order chi connectivity index (χ1) is 17.2. The van der Waals surface area contributed by atoms with Crippen LogP contribution in [-0.4, -0.2) is 29.9 Å². The van der Waals surface area contributed by atoms with Gasteiger partial charge in [0.05, 0.1) is 23.7 Å². The van der Waals surface area contributed by atoms with Crippen LogP contribution in [0.1, 0.15) is 42.5 Å². The zero-order valence-electron chi connectivity index (χ0n) is 20.4. The van der Waals surface area contributed by atoms with Gasteiger partial charge < -0.3 is 9.80 Å². The van der Waals surface area contributed by atoms with E-state index in [-0.39, 0.29) is 29.5 Å². The minimum atomic E-state index is -0.440. The molecular weight excluding hydrogens is 455 g/mol. The first kappa shape index (κ1) is 23.7. The van der Waals surface area contributed by atoms with Crippen LogP contribution in [0.25, 0.3) is 0 Å². The highest BCUT2D eigenvalue weighted by Gasteiger charge is 2.43. The molecule has 1 fully saturated rings. The molecule has 0 aliphatic carbocycles. The van der Waals surface area contributed by atoms with Crippen LogP contribution in [0.3, 0.4) is 0 Å². The lowest BCUT2D eigenvalue weighted by molar-refractivity contribution is -0.124. The summed E-state index contributed by atoms with van der Waals surface area (Å²) < 4.78 is 13.5. The number of halogens is 1. The first-order valence-electron chi connectivity index (χ1n) is 12.1. The summed E-state index contributed by atoms with van der Waals surface area (Å²) in [6, 6.07) is 16.7. The van der Waals surface area contributed by atoms with Crippen molar-refractivity contribution in [3.05, 3.63) is 89.0 Å². The lowest BCUT2D eigenvalue weighted by Gasteiger charge is -2.23. The van der Waals surface area contributed by atoms with E-state index in [2.05, 4.69) is 31.0 Å². The van der Waals surface area contributed by atoms with E-state index in [0.29, 0.717) is 30.8 Å². The van der Waals surface area contributed by atoms with Crippen molar-refractivity contribution in [2.75, 3.05) is 22.9 Å². The summed E-state index contributed by atoms with van der Waals surface area (Å²) in [5.41, 5.74) is 4.86. The molecule has 3 aromatic rings. The maximum absolute atomic E-state index is 13.6. The van der Waals surface area contributed by atoms with Crippen LogP contribution in [0.5, 0.6) is 0 Å². The molecule has 2 aliphatic heterocycles. The zero-order chi connectivity index (χ0) is 25.4. The molecule has 0 bridgehead atoms. The molecule has 0 saturated carbocycles. The van der Waals surface area contributed by atoms with E-state index >= 15 is 0 Å². The Morgan fingerprint density at radius 3 is 2.72 bits per heavy atom. The number of hydrogen-bond donors (Lipinski definition) is 0. The monoisotopic (exact) mass is 482 g/mol. The number of rotatable bonds is 5. The molecule has 2 amide bonds. The van der Waals surface area contributed by atoms with Gasteiger partial charge in [0, 0.05) is 42.5 Å². The average molecular weight is 483 g/mol. The van der Waals surface area contributed by atoms with Gasteiger partial charge in [-0.05, 0) is 59.9 Å². The molecule has 3 heterocycles. The molecule has 1 saturated heterocycles. The fourth-order valence-corrected chi connectivity index (χ4v) is 5.25. The predicted molar refractivity (Wildman–Crippen MR) is 135 cm³/mol. The fraction of sp³-hybridized carbons (Fsp3) is 0.310. The van der Waals surface area contributed by atoms with Gasteiger partial charge >= 0.3 is 0 Å². The molecule has 1 atom stereocenters. The van der Waals surface area contributed by atoms with E-state index in [4.69, 9.17) is 0 Å². The number of fused-ring (bicyclic) bond motifs is 1. The highest BCUT2D eigenvalue weighted by atomic mass is 19.1. The van der Waals surface area contributed by atoms with E-state index in [1.165, 1.54) is 12.3 Å². The topological polar surface area (TPSA) is 77.3 Å². The normalized spacial score (nSPS) is 18.3. The Balaban J connectivity index is 1.33. The van der Waals surface area contributed by atoms with Crippen LogP contribution in [0.4, 0.5) is 15.8 Å². The Morgan fingerprint density at radius 2 is 1.94 bits per heavy atom. The van der Waals surface area contributed by atoms with Gasteiger partial charge in [-0.3, -0.25) is 14.6 Å². The van der Waals surface area contributed by atoms with E-state index in [0.717, 1.165) is 28.8 Å². The second kappa shape index (κ2) is 9.19. The van der Waals surface area contributed by atoms with Crippen LogP contribution in [0, 0.1) is 23.1 Å². The Kier molecular flexibility index (Phi) is 6.05. The number of pyridine rings is 1. The number of amides is 2. The maximum Gasteiger partial charge on any atom is 0.232 e. The number of nitriles is 1. The van der Waals surface area contributed by atoms with Gasteiger partial charge in [0.15, 0.2) is 0 Å². The Bertz CT molecular complexity index is 1390. The van der Waals surface area contributed by atoms with Crippen molar-refractivity contribution in [2.45, 2.75) is 38.5 Å². The third kappa shape index (κ3) is 4.47. The number of carbonyl (C=O) groups is 2. The van der Waals surface area contributed by atoms with Crippen molar-refractivity contribution >= 4 is 23.2 Å². The van der Waals surface area contributed by atoms with E-state index < -0.39 is 5.92 Å². The summed E-state index contributed by atoms with van der Waals surface area (Å²) in [7, 11) is 0. The molecule has 0 spiro atoms. The molecule has 182 valence electrons. The van der Waals surface area contributed by atoms with E-state index in [1.54, 1.807) is 35.4 Å². The smallest absolute Gasteiger partial charge is 0.232 e. The molecule has 5 rings (SSSR count). The summed E-state index contributed by atoms with van der Waals surface area (Å²) in [4.78, 5) is 33.8. The average Bonchev–Trinajstić information content (AvgIpc) is 3.39. The number of benzene rings is 2. The summed E-state index contributed by atoms with van der Waals surface area (Å²) in [5.74, 6) is -0.930. The van der Waals surface area contributed by atoms with Gasteiger partial charge in [-0.2, -0.15) is 5.26 Å². The molecule has 0 N–H and O–H groups in total. The van der Waals surface area contributed by atoms with Crippen molar-refractivity contribution in [3.8, 4) is 6.07 Å². The lowest BCUT2D eigenvalue weighted by atomic mass is 9.85. The van der Waals surface area contributed by atoms with Crippen LogP contribution < -0.4 is 9.80 Å². The van der Waals surface area contributed by atoms with Crippen molar-refractivity contribution in [1.29, 1.82) is 5.26 Å². The summed E-state index contributed by atoms with van der Waals surface area (Å²) in [6.45, 7) is 5.10. The first-order valence-corrected chi connectivity index (χ1v) is 12.1. The largest absolute Gasteiger partial charge is 0.312 e. The Morgan fingerprint density at radius 1 is 1.14 bits per heavy atom. The van der Waals surface area contributed by atoms with E-state index in [9.17, 15) is 19.2 Å². The molecule has 7 heteroatoms. The third-order valence-corrected chi connectivity index (χ3v) is 7.13. The van der Waals surface area contributed by atoms with Gasteiger partial charge in [0.2, 0.25) is 11.8 Å². The fourth-order valence-electron chi connectivity index (χ4n) is 5.25. The summed E-state index contributed by atoms with van der Waals surface area (Å²) in [5, 5.41) is 9.19. The Labute approximate surface area is 210 Å². The lowest BCUT2D eigenvalue weighted by Crippen LogP contribution is -2.39. The molecule has 1 aromatic heterocycles. The van der Waals surface area contributed by atoms with Gasteiger partial charge in [-0.15, -0.1) is 0 Å². The molecule has 6 nitrogen and oxygen atoms in total. The minimum absolute atomic E-state index is 0.0484. The van der Waals surface area contributed by atoms with Crippen molar-refractivity contribution in [3.63, 3.8) is 0 Å². The number of anilines is 2. The number of hydrogen-bond acceptors (Lipinski definition) is 4. The van der Waals surface area contributed by atoms with Crippen LogP contribution in [-0.2, 0) is 27.8 Å². The molecule has 0 radical (unpaired) electrons. The molecule has 36 heavy (non-hydrogen) atoms. The van der Waals surface area contributed by atoms with Crippen molar-refractivity contribution < 1.29 is 14.0 Å². The van der Waals surface area contributed by atoms with Crippen molar-refractivity contribution in [1.82, 2.24) is 4.98 Å². The van der Waals surface area contributed by atoms with Crippen molar-refractivity contribution in [2.24, 2.45) is 5.92 Å². The van der Waals surface area contributed by atoms with Crippen LogP contribution in [0.15, 0.2) is 60.9 Å². The second-order valence-electron chi connectivity index (χ2n) is 10.2. The number of aromatic nitrogens is 1. The molecular formula is C29H27FN4O2. The quantitative estimate of drug-likeness (QED) is 0.534. The predicted octanol–water partition coefficient (Wildman–Crippen LogP) is 4.55. The maximum atomic E-state index is 13.6. The van der Waals surface area contributed by atoms with Crippen LogP contribution in [0.2, 0.25) is 0 Å². The third-order valence-electron chi connectivity index (χ3n) is 7.13. The number of carbonyl (C=O) groups excluding carboxylic acids is 2. The SMILES string of the molecule is CC1(C)CN(C(=O)C2CC(=O)N(c3cccc(C#N)c3)C2)c2ccc(CCc3cncc(F)c3)cc21. The molecule has 2 aromatic carbocycles. The number of aryl methyl sites for hydroxylation is 2. The highest BCUT2D eigenvalue weighted by molar-refractivity contribution is 6.05. The number of nitrogens with zero attached hydrogens (tertiary/aromatic N) is 4. The van der Waals surface area contributed by atoms with Gasteiger partial charge in [-0.1, -0.05) is 32.0 Å². The Hall–Kier alpha value is -4.05. The zero-order valence-corrected chi connectivity index (χ0v) is 20.4. The standard InChI is InChI=1S/C29H27FN4O2/c1-29(2)18-34(26-9-8-19(12-25(26)29)6-7-21-10-23(30)16-32-15-21)28(36)22-13-27(35)33(17-22)24-5-3-4-20(11-24)14-31/h3-5,8-12,15-16,22H,6-7,13,17-18H2,1-2H3. The minimum Gasteiger partial charge on any atom is -0.312 e. The summed E-state index contributed by atoms with van der Waals surface area (Å²) >= 11 is 0. The van der Waals surface area contributed by atoms with Gasteiger partial charge in [0.1, 0.15) is 5.82 Å². The second-order valence-corrected chi connectivity index (χ2v) is 10.2. The van der Waals surface area contributed by atoms with E-state index in [1.807, 2.05) is 17.0 Å². The molecule has 1 unspecified atom stereocenters. The van der Waals surface area contributed by atoms with Crippen LogP contribution >= 0.6 is 0 Å². The van der Waals surface area contributed by atoms with Gasteiger partial charge in [-0.25, -0.2) is 4.39 Å². The van der Waals surface area contributed by atoms with Gasteiger partial charge in [0.25, 0.3) is 0 Å². The molecule has 2 aliphatic rings.